The summed E-state index contributed by atoms with van der Waals surface area (Å²) in [6.45, 7) is 3.24. The van der Waals surface area contributed by atoms with Gasteiger partial charge in [-0.3, -0.25) is 10.1 Å². The summed E-state index contributed by atoms with van der Waals surface area (Å²) < 4.78 is 22.1. The maximum Gasteiger partial charge on any atom is 0.146 e. The first kappa shape index (κ1) is 21.8. The fourth-order valence-corrected chi connectivity index (χ4v) is 4.00. The lowest BCUT2D eigenvalue weighted by Gasteiger charge is -2.29. The van der Waals surface area contributed by atoms with Crippen molar-refractivity contribution < 1.29 is 9.13 Å². The predicted molar refractivity (Wildman–Crippen MR) is 130 cm³/mol. The van der Waals surface area contributed by atoms with Crippen LogP contribution in [0, 0.1) is 11.2 Å². The Balaban J connectivity index is 1.45. The predicted octanol–water partition coefficient (Wildman–Crippen LogP) is 4.03. The summed E-state index contributed by atoms with van der Waals surface area (Å²) in [5.74, 6) is -0.293. The first-order valence-electron chi connectivity index (χ1n) is 11.1. The molecule has 2 aromatic heterocycles. The van der Waals surface area contributed by atoms with Crippen LogP contribution < -0.4 is 10.4 Å². The Kier molecular flexibility index (Phi) is 6.05. The number of hydrogen-bond donors (Lipinski definition) is 1. The number of nitrogens with zero attached hydrogens (tertiary/aromatic N) is 5. The van der Waals surface area contributed by atoms with Crippen LogP contribution >= 0.6 is 0 Å². The average Bonchev–Trinajstić information content (AvgIpc) is 3.26. The third-order valence-electron chi connectivity index (χ3n) is 5.74. The number of anilines is 1. The number of halogens is 1. The van der Waals surface area contributed by atoms with Gasteiger partial charge in [-0.2, -0.15) is 10.2 Å². The normalized spacial score (nSPS) is 14.1. The van der Waals surface area contributed by atoms with Crippen molar-refractivity contribution in [2.75, 3.05) is 31.2 Å². The molecule has 0 spiro atoms. The van der Waals surface area contributed by atoms with E-state index in [1.54, 1.807) is 35.1 Å². The van der Waals surface area contributed by atoms with E-state index in [1.165, 1.54) is 16.8 Å². The van der Waals surface area contributed by atoms with Gasteiger partial charge in [0, 0.05) is 49.3 Å². The maximum absolute atomic E-state index is 13.4. The van der Waals surface area contributed by atoms with Gasteiger partial charge in [0.25, 0.3) is 0 Å². The van der Waals surface area contributed by atoms with E-state index in [2.05, 4.69) is 27.2 Å². The lowest BCUT2D eigenvalue weighted by atomic mass is 10.1. The highest BCUT2D eigenvalue weighted by molar-refractivity contribution is 5.78. The zero-order valence-electron chi connectivity index (χ0n) is 18.9. The van der Waals surface area contributed by atoms with Crippen LogP contribution in [-0.4, -0.2) is 45.9 Å². The molecule has 1 N–H and O–H groups in total. The smallest absolute Gasteiger partial charge is 0.146 e. The number of aromatic nitrogens is 4. The van der Waals surface area contributed by atoms with Crippen LogP contribution in [0.15, 0.2) is 66.9 Å². The molecule has 0 bridgehead atoms. The minimum absolute atomic E-state index is 0.261. The number of aryl methyl sites for hydroxylation is 1. The largest absolute Gasteiger partial charge is 0.378 e. The molecule has 3 heterocycles. The second-order valence-electron chi connectivity index (χ2n) is 8.13. The summed E-state index contributed by atoms with van der Waals surface area (Å²) in [6.07, 6.45) is 5.62. The van der Waals surface area contributed by atoms with Gasteiger partial charge in [-0.1, -0.05) is 12.1 Å². The molecule has 0 aliphatic carbocycles. The lowest BCUT2D eigenvalue weighted by Crippen LogP contribution is -2.36. The van der Waals surface area contributed by atoms with E-state index in [0.717, 1.165) is 48.7 Å². The summed E-state index contributed by atoms with van der Waals surface area (Å²) in [4.78, 5) is 2.31. The number of morpholine rings is 1. The van der Waals surface area contributed by atoms with Gasteiger partial charge in [-0.15, -0.1) is 0 Å². The third kappa shape index (κ3) is 4.67. The van der Waals surface area contributed by atoms with Crippen LogP contribution in [0.5, 0.6) is 0 Å². The molecule has 172 valence electrons. The molecule has 0 saturated carbocycles. The highest BCUT2D eigenvalue weighted by atomic mass is 19.1. The second-order valence-corrected chi connectivity index (χ2v) is 8.13. The van der Waals surface area contributed by atoms with Crippen molar-refractivity contribution in [2.24, 2.45) is 7.05 Å². The van der Waals surface area contributed by atoms with Gasteiger partial charge in [-0.05, 0) is 60.2 Å². The monoisotopic (exact) mass is 456 g/mol. The summed E-state index contributed by atoms with van der Waals surface area (Å²) in [6, 6.07) is 18.0. The van der Waals surface area contributed by atoms with Crippen LogP contribution in [-0.2, 0) is 11.8 Å². The number of nitrogens with one attached hydrogen (secondary N) is 1. The fourth-order valence-electron chi connectivity index (χ4n) is 4.00. The molecule has 0 unspecified atom stereocenters. The molecule has 0 amide bonds. The van der Waals surface area contributed by atoms with E-state index in [-0.39, 0.29) is 11.3 Å². The van der Waals surface area contributed by atoms with Gasteiger partial charge in [-0.25, -0.2) is 9.07 Å². The number of ether oxygens (including phenoxy) is 1. The first-order valence-corrected chi connectivity index (χ1v) is 11.1. The van der Waals surface area contributed by atoms with Crippen LogP contribution in [0.2, 0.25) is 0 Å². The minimum Gasteiger partial charge on any atom is -0.378 e. The van der Waals surface area contributed by atoms with Crippen molar-refractivity contribution >= 4 is 18.0 Å². The molecule has 4 aromatic rings. The van der Waals surface area contributed by atoms with E-state index >= 15 is 0 Å². The molecule has 2 aromatic carbocycles. The SMILES string of the molecule is Cn1cc(-c2ccc(=N)n(/C=C/c3cccc(N4CCOCC4)c3)n2)c(-c2ccc(F)cc2)n1. The minimum atomic E-state index is -0.293. The van der Waals surface area contributed by atoms with Crippen molar-refractivity contribution in [1.29, 1.82) is 5.41 Å². The first-order chi connectivity index (χ1) is 16.6. The molecule has 0 atom stereocenters. The summed E-state index contributed by atoms with van der Waals surface area (Å²) in [5.41, 5.74) is 5.44. The van der Waals surface area contributed by atoms with Crippen LogP contribution in [0.3, 0.4) is 0 Å². The van der Waals surface area contributed by atoms with E-state index in [9.17, 15) is 4.39 Å². The van der Waals surface area contributed by atoms with Gasteiger partial charge in [0.1, 0.15) is 17.0 Å². The average molecular weight is 457 g/mol. The Bertz CT molecular complexity index is 1380. The molecule has 34 heavy (non-hydrogen) atoms. The molecular weight excluding hydrogens is 431 g/mol. The number of hydrogen-bond acceptors (Lipinski definition) is 5. The zero-order valence-corrected chi connectivity index (χ0v) is 18.9. The molecule has 1 aliphatic heterocycles. The van der Waals surface area contributed by atoms with Crippen LogP contribution in [0.25, 0.3) is 34.8 Å². The standard InChI is InChI=1S/C26H25FN6O/c1-31-18-23(26(30-31)20-5-7-21(27)8-6-20)24-9-10-25(28)33(29-24)12-11-19-3-2-4-22(17-19)32-13-15-34-16-14-32/h2-12,17-18,28H,13-16H2,1H3/b12-11+,28-25?. The summed E-state index contributed by atoms with van der Waals surface area (Å²) in [5, 5.41) is 17.5. The quantitative estimate of drug-likeness (QED) is 0.492. The third-order valence-corrected chi connectivity index (χ3v) is 5.74. The summed E-state index contributed by atoms with van der Waals surface area (Å²) in [7, 11) is 1.84. The molecule has 5 rings (SSSR count). The number of rotatable bonds is 5. The molecule has 7 nitrogen and oxygen atoms in total. The molecule has 1 aliphatic rings. The zero-order chi connectivity index (χ0) is 23.5. The molecular formula is C26H25FN6O. The van der Waals surface area contributed by atoms with E-state index in [4.69, 9.17) is 10.1 Å². The van der Waals surface area contributed by atoms with Gasteiger partial charge in [0.15, 0.2) is 0 Å². The van der Waals surface area contributed by atoms with Crippen LogP contribution in [0.4, 0.5) is 10.1 Å². The molecule has 1 saturated heterocycles. The molecule has 0 radical (unpaired) electrons. The highest BCUT2D eigenvalue weighted by Gasteiger charge is 2.14. The van der Waals surface area contributed by atoms with Crippen molar-refractivity contribution in [3.8, 4) is 22.5 Å². The van der Waals surface area contributed by atoms with E-state index < -0.39 is 0 Å². The van der Waals surface area contributed by atoms with Gasteiger partial charge in [0.2, 0.25) is 0 Å². The summed E-state index contributed by atoms with van der Waals surface area (Å²) >= 11 is 0. The Morgan fingerprint density at radius 2 is 1.79 bits per heavy atom. The van der Waals surface area contributed by atoms with Crippen molar-refractivity contribution in [3.05, 3.63) is 83.7 Å². The van der Waals surface area contributed by atoms with Gasteiger partial charge in [0.05, 0.1) is 18.9 Å². The van der Waals surface area contributed by atoms with E-state index in [0.29, 0.717) is 11.4 Å². The van der Waals surface area contributed by atoms with Crippen molar-refractivity contribution in [1.82, 2.24) is 19.6 Å². The topological polar surface area (TPSA) is 72.0 Å². The van der Waals surface area contributed by atoms with E-state index in [1.807, 2.05) is 31.5 Å². The Labute approximate surface area is 196 Å². The van der Waals surface area contributed by atoms with Crippen LogP contribution in [0.1, 0.15) is 5.56 Å². The fraction of sp³-hybridized carbons (Fsp3) is 0.192. The van der Waals surface area contributed by atoms with Crippen molar-refractivity contribution in [3.63, 3.8) is 0 Å². The molecule has 8 heteroatoms. The maximum atomic E-state index is 13.4. The Morgan fingerprint density at radius 1 is 1.00 bits per heavy atom. The Hall–Kier alpha value is -4.04. The van der Waals surface area contributed by atoms with Crippen molar-refractivity contribution in [2.45, 2.75) is 0 Å². The van der Waals surface area contributed by atoms with Gasteiger partial charge >= 0.3 is 0 Å². The molecule has 1 fully saturated rings. The van der Waals surface area contributed by atoms with Gasteiger partial charge < -0.3 is 9.64 Å². The lowest BCUT2D eigenvalue weighted by molar-refractivity contribution is 0.122. The Morgan fingerprint density at radius 3 is 2.59 bits per heavy atom. The highest BCUT2D eigenvalue weighted by Crippen LogP contribution is 2.29. The number of benzene rings is 2. The second kappa shape index (κ2) is 9.44.